The summed E-state index contributed by atoms with van der Waals surface area (Å²) in [5, 5.41) is 2.16. The minimum absolute atomic E-state index is 0.116. The summed E-state index contributed by atoms with van der Waals surface area (Å²) >= 11 is 0. The molecule has 0 saturated carbocycles. The van der Waals surface area contributed by atoms with Gasteiger partial charge in [-0.25, -0.2) is 17.8 Å². The standard InChI is InChI=1S/C19H22FN3O4S/c1-13-11-23-18(12-22-13)19(24)21-8-6-15-10-17(7-9-27-15)28(25,26)16-4-2-14(20)3-5-16/h2-5,11-12,15,17H,6-10H2,1H3,(H,21,24)/t15-,17+/m1/s1. The predicted molar refractivity (Wildman–Crippen MR) is 100 cm³/mol. The van der Waals surface area contributed by atoms with Crippen molar-refractivity contribution in [1.29, 1.82) is 0 Å². The number of rotatable bonds is 6. The van der Waals surface area contributed by atoms with E-state index in [0.29, 0.717) is 32.4 Å². The molecule has 2 aromatic rings. The third-order valence-corrected chi connectivity index (χ3v) is 6.90. The quantitative estimate of drug-likeness (QED) is 0.736. The van der Waals surface area contributed by atoms with Crippen molar-refractivity contribution in [2.24, 2.45) is 0 Å². The zero-order valence-electron chi connectivity index (χ0n) is 15.5. The van der Waals surface area contributed by atoms with Crippen LogP contribution in [0.1, 0.15) is 35.4 Å². The molecule has 0 unspecified atom stereocenters. The number of nitrogens with one attached hydrogen (secondary N) is 1. The van der Waals surface area contributed by atoms with Crippen molar-refractivity contribution in [2.75, 3.05) is 13.2 Å². The van der Waals surface area contributed by atoms with Crippen molar-refractivity contribution in [3.63, 3.8) is 0 Å². The first-order chi connectivity index (χ1) is 13.4. The Labute approximate surface area is 163 Å². The molecule has 0 spiro atoms. The molecule has 28 heavy (non-hydrogen) atoms. The van der Waals surface area contributed by atoms with Crippen LogP contribution < -0.4 is 5.32 Å². The van der Waals surface area contributed by atoms with Gasteiger partial charge < -0.3 is 10.1 Å². The summed E-state index contributed by atoms with van der Waals surface area (Å²) in [4.78, 5) is 20.2. The largest absolute Gasteiger partial charge is 0.378 e. The molecule has 0 radical (unpaired) electrons. The van der Waals surface area contributed by atoms with Crippen LogP contribution in [0.2, 0.25) is 0 Å². The molecule has 0 bridgehead atoms. The maximum absolute atomic E-state index is 13.1. The molecule has 1 saturated heterocycles. The van der Waals surface area contributed by atoms with E-state index in [9.17, 15) is 17.6 Å². The maximum Gasteiger partial charge on any atom is 0.271 e. The number of benzene rings is 1. The number of nitrogens with zero attached hydrogens (tertiary/aromatic N) is 2. The van der Waals surface area contributed by atoms with Gasteiger partial charge in [-0.1, -0.05) is 0 Å². The summed E-state index contributed by atoms with van der Waals surface area (Å²) in [7, 11) is -3.55. The number of hydrogen-bond donors (Lipinski definition) is 1. The molecule has 1 aliphatic rings. The van der Waals surface area contributed by atoms with Gasteiger partial charge in [0.2, 0.25) is 0 Å². The second kappa shape index (κ2) is 8.74. The highest BCUT2D eigenvalue weighted by Gasteiger charge is 2.33. The number of amides is 1. The molecule has 150 valence electrons. The van der Waals surface area contributed by atoms with Crippen molar-refractivity contribution in [3.8, 4) is 0 Å². The van der Waals surface area contributed by atoms with E-state index in [1.807, 2.05) is 0 Å². The van der Waals surface area contributed by atoms with Crippen LogP contribution >= 0.6 is 0 Å². The maximum atomic E-state index is 13.1. The van der Waals surface area contributed by atoms with Crippen molar-refractivity contribution < 1.29 is 22.3 Å². The Morgan fingerprint density at radius 1 is 1.25 bits per heavy atom. The Bertz CT molecular complexity index is 917. The third kappa shape index (κ3) is 4.90. The predicted octanol–water partition coefficient (Wildman–Crippen LogP) is 2.07. The van der Waals surface area contributed by atoms with Gasteiger partial charge in [-0.3, -0.25) is 9.78 Å². The summed E-state index contributed by atoms with van der Waals surface area (Å²) in [6.45, 7) is 2.45. The van der Waals surface area contributed by atoms with E-state index in [1.165, 1.54) is 24.5 Å². The Balaban J connectivity index is 1.54. The van der Waals surface area contributed by atoms with Crippen LogP contribution in [-0.4, -0.2) is 48.8 Å². The third-order valence-electron chi connectivity index (χ3n) is 4.67. The Kier molecular flexibility index (Phi) is 6.35. The van der Waals surface area contributed by atoms with Crippen molar-refractivity contribution in [2.45, 2.75) is 42.4 Å². The lowest BCUT2D eigenvalue weighted by Gasteiger charge is -2.29. The Hall–Kier alpha value is -2.39. The van der Waals surface area contributed by atoms with Gasteiger partial charge in [0.05, 0.1) is 28.1 Å². The summed E-state index contributed by atoms with van der Waals surface area (Å²) < 4.78 is 44.3. The minimum atomic E-state index is -3.55. The van der Waals surface area contributed by atoms with Gasteiger partial charge in [0.15, 0.2) is 9.84 Å². The van der Waals surface area contributed by atoms with Crippen LogP contribution in [0, 0.1) is 12.7 Å². The molecule has 0 aliphatic carbocycles. The fourth-order valence-electron chi connectivity index (χ4n) is 3.09. The van der Waals surface area contributed by atoms with Crippen molar-refractivity contribution in [3.05, 3.63) is 53.9 Å². The first kappa shape index (κ1) is 20.3. The summed E-state index contributed by atoms with van der Waals surface area (Å²) in [6.07, 6.45) is 3.86. The van der Waals surface area contributed by atoms with Crippen LogP contribution in [-0.2, 0) is 14.6 Å². The first-order valence-electron chi connectivity index (χ1n) is 9.04. The average Bonchev–Trinajstić information content (AvgIpc) is 2.69. The summed E-state index contributed by atoms with van der Waals surface area (Å²) in [5.41, 5.74) is 0.951. The highest BCUT2D eigenvalue weighted by atomic mass is 32.2. The SMILES string of the molecule is Cc1cnc(C(=O)NCC[C@@H]2C[C@@H](S(=O)(=O)c3ccc(F)cc3)CCO2)cn1. The molecule has 7 nitrogen and oxygen atoms in total. The highest BCUT2D eigenvalue weighted by molar-refractivity contribution is 7.92. The zero-order valence-corrected chi connectivity index (χ0v) is 16.3. The van der Waals surface area contributed by atoms with Crippen molar-refractivity contribution in [1.82, 2.24) is 15.3 Å². The Morgan fingerprint density at radius 3 is 2.68 bits per heavy atom. The van der Waals surface area contributed by atoms with Crippen LogP contribution in [0.15, 0.2) is 41.6 Å². The minimum Gasteiger partial charge on any atom is -0.378 e. The van der Waals surface area contributed by atoms with Crippen molar-refractivity contribution >= 4 is 15.7 Å². The molecule has 9 heteroatoms. The number of aromatic nitrogens is 2. The van der Waals surface area contributed by atoms with Crippen LogP contribution in [0.25, 0.3) is 0 Å². The number of ether oxygens (including phenoxy) is 1. The van der Waals surface area contributed by atoms with E-state index in [2.05, 4.69) is 15.3 Å². The fraction of sp³-hybridized carbons (Fsp3) is 0.421. The number of aryl methyl sites for hydroxylation is 1. The topological polar surface area (TPSA) is 98.2 Å². The van der Waals surface area contributed by atoms with Gasteiger partial charge >= 0.3 is 0 Å². The first-order valence-corrected chi connectivity index (χ1v) is 10.6. The van der Waals surface area contributed by atoms with Gasteiger partial charge in [-0.2, -0.15) is 0 Å². The van der Waals surface area contributed by atoms with E-state index in [1.54, 1.807) is 6.92 Å². The number of sulfone groups is 1. The molecule has 1 aromatic heterocycles. The second-order valence-electron chi connectivity index (χ2n) is 6.73. The number of carbonyl (C=O) groups excluding carboxylic acids is 1. The molecule has 1 fully saturated rings. The Morgan fingerprint density at radius 2 is 2.00 bits per heavy atom. The summed E-state index contributed by atoms with van der Waals surface area (Å²) in [5.74, 6) is -0.809. The lowest BCUT2D eigenvalue weighted by Crippen LogP contribution is -2.37. The summed E-state index contributed by atoms with van der Waals surface area (Å²) in [6, 6.07) is 4.87. The van der Waals surface area contributed by atoms with Gasteiger partial charge in [0.1, 0.15) is 11.5 Å². The molecule has 1 aromatic carbocycles. The molecule has 2 atom stereocenters. The van der Waals surface area contributed by atoms with Gasteiger partial charge in [-0.05, 0) is 50.5 Å². The smallest absolute Gasteiger partial charge is 0.271 e. The fourth-order valence-corrected chi connectivity index (χ4v) is 4.87. The van der Waals surface area contributed by atoms with Crippen LogP contribution in [0.5, 0.6) is 0 Å². The van der Waals surface area contributed by atoms with Gasteiger partial charge in [0.25, 0.3) is 5.91 Å². The monoisotopic (exact) mass is 407 g/mol. The van der Waals surface area contributed by atoms with E-state index >= 15 is 0 Å². The normalized spacial score (nSPS) is 19.9. The van der Waals surface area contributed by atoms with E-state index in [0.717, 1.165) is 17.8 Å². The molecular formula is C19H22FN3O4S. The highest BCUT2D eigenvalue weighted by Crippen LogP contribution is 2.27. The average molecular weight is 407 g/mol. The van der Waals surface area contributed by atoms with E-state index in [4.69, 9.17) is 4.74 Å². The lowest BCUT2D eigenvalue weighted by molar-refractivity contribution is 0.0132. The van der Waals surface area contributed by atoms with Gasteiger partial charge in [0, 0.05) is 19.3 Å². The molecule has 3 rings (SSSR count). The lowest BCUT2D eigenvalue weighted by atomic mass is 10.1. The molecular weight excluding hydrogens is 385 g/mol. The van der Waals surface area contributed by atoms with E-state index < -0.39 is 20.9 Å². The van der Waals surface area contributed by atoms with Gasteiger partial charge in [-0.15, -0.1) is 0 Å². The molecule has 1 amide bonds. The molecule has 2 heterocycles. The van der Waals surface area contributed by atoms with Crippen LogP contribution in [0.3, 0.4) is 0 Å². The number of halogens is 1. The van der Waals surface area contributed by atoms with E-state index in [-0.39, 0.29) is 22.6 Å². The molecule has 1 N–H and O–H groups in total. The number of carbonyl (C=O) groups is 1. The zero-order chi connectivity index (χ0) is 20.1. The molecule has 1 aliphatic heterocycles. The van der Waals surface area contributed by atoms with Crippen LogP contribution in [0.4, 0.5) is 4.39 Å². The number of hydrogen-bond acceptors (Lipinski definition) is 6. The second-order valence-corrected chi connectivity index (χ2v) is 8.95.